The van der Waals surface area contributed by atoms with Crippen LogP contribution in [0.1, 0.15) is 11.6 Å². The van der Waals surface area contributed by atoms with Gasteiger partial charge in [-0.05, 0) is 48.5 Å². The van der Waals surface area contributed by atoms with Crippen molar-refractivity contribution in [3.63, 3.8) is 0 Å². The Bertz CT molecular complexity index is 1420. The average molecular weight is 537 g/mol. The normalized spacial score (nSPS) is 16.8. The van der Waals surface area contributed by atoms with E-state index in [2.05, 4.69) is 26.7 Å². The molecule has 2 atom stereocenters. The van der Waals surface area contributed by atoms with Gasteiger partial charge in [0.1, 0.15) is 5.69 Å². The number of para-hydroxylation sites is 1. The maximum absolute atomic E-state index is 14.0. The first-order valence-corrected chi connectivity index (χ1v) is 11.7. The van der Waals surface area contributed by atoms with Crippen LogP contribution in [0, 0.1) is 0 Å². The van der Waals surface area contributed by atoms with Gasteiger partial charge in [0, 0.05) is 28.1 Å². The van der Waals surface area contributed by atoms with Gasteiger partial charge in [-0.1, -0.05) is 57.9 Å². The second-order valence-corrected chi connectivity index (χ2v) is 9.03. The van der Waals surface area contributed by atoms with Crippen molar-refractivity contribution in [3.05, 3.63) is 110 Å². The van der Waals surface area contributed by atoms with Crippen LogP contribution < -0.4 is 15.9 Å². The predicted molar refractivity (Wildman–Crippen MR) is 135 cm³/mol. The van der Waals surface area contributed by atoms with E-state index in [0.29, 0.717) is 27.4 Å². The molecule has 1 aromatic heterocycles. The van der Waals surface area contributed by atoms with Crippen molar-refractivity contribution in [3.8, 4) is 17.1 Å². The van der Waals surface area contributed by atoms with Crippen LogP contribution >= 0.6 is 27.5 Å². The highest BCUT2D eigenvalue weighted by Crippen LogP contribution is 2.33. The molecular weight excluding hydrogens is 518 g/mol. The number of halogens is 2. The summed E-state index contributed by atoms with van der Waals surface area (Å²) in [6.45, 7) is 0. The standard InChI is InChI=1S/C25H19BrClN5O2/c1-28-24(33)21-20-23(32(30-21)19-5-3-2-4-6-19)29-22(15-7-9-16(26)10-8-15)31(25(20)34)18-13-11-17(27)12-14-18/h2-14,21,32H,1H3,(H,28,33). The van der Waals surface area contributed by atoms with Gasteiger partial charge in [-0.15, -0.1) is 0 Å². The maximum Gasteiger partial charge on any atom is 0.266 e. The van der Waals surface area contributed by atoms with Crippen molar-refractivity contribution < 1.29 is 9.80 Å². The monoisotopic (exact) mass is 535 g/mol. The predicted octanol–water partition coefficient (Wildman–Crippen LogP) is 4.25. The molecule has 2 unspecified atom stereocenters. The molecule has 2 heterocycles. The molecule has 4 aromatic rings. The topological polar surface area (TPSA) is 82.5 Å². The fourth-order valence-corrected chi connectivity index (χ4v) is 4.36. The van der Waals surface area contributed by atoms with Gasteiger partial charge in [-0.25, -0.2) is 0 Å². The second-order valence-electron chi connectivity index (χ2n) is 7.68. The molecule has 0 saturated carbocycles. The van der Waals surface area contributed by atoms with E-state index in [4.69, 9.17) is 16.6 Å². The van der Waals surface area contributed by atoms with Crippen molar-refractivity contribution in [2.75, 3.05) is 7.05 Å². The number of hydrogen-bond acceptors (Lipinski definition) is 3. The zero-order chi connectivity index (χ0) is 23.8. The van der Waals surface area contributed by atoms with Crippen LogP contribution in [0.5, 0.6) is 0 Å². The Labute approximate surface area is 209 Å². The molecule has 1 aliphatic rings. The van der Waals surface area contributed by atoms with E-state index in [9.17, 15) is 9.59 Å². The molecule has 7 nitrogen and oxygen atoms in total. The third kappa shape index (κ3) is 3.95. The summed E-state index contributed by atoms with van der Waals surface area (Å²) in [5, 5.41) is 3.69. The van der Waals surface area contributed by atoms with Crippen LogP contribution in [0.25, 0.3) is 22.5 Å². The van der Waals surface area contributed by atoms with Gasteiger partial charge < -0.3 is 15.8 Å². The lowest BCUT2D eigenvalue weighted by Crippen LogP contribution is -2.96. The Hall–Kier alpha value is -3.30. The van der Waals surface area contributed by atoms with E-state index < -0.39 is 6.04 Å². The van der Waals surface area contributed by atoms with Crippen LogP contribution in [-0.2, 0) is 4.79 Å². The summed E-state index contributed by atoms with van der Waals surface area (Å²) in [5.74, 6) is 0.484. The lowest BCUT2D eigenvalue weighted by molar-refractivity contribution is -0.714. The molecule has 0 radical (unpaired) electrons. The van der Waals surface area contributed by atoms with Crippen molar-refractivity contribution in [1.82, 2.24) is 14.9 Å². The van der Waals surface area contributed by atoms with E-state index in [1.54, 1.807) is 24.3 Å². The molecule has 5 rings (SSSR count). The molecule has 170 valence electrons. The van der Waals surface area contributed by atoms with Crippen molar-refractivity contribution in [2.24, 2.45) is 0 Å². The summed E-state index contributed by atoms with van der Waals surface area (Å²) in [6, 6.07) is 22.9. The van der Waals surface area contributed by atoms with Crippen LogP contribution in [0.2, 0.25) is 5.02 Å². The number of hydrogen-bond donors (Lipinski definition) is 2. The number of carbonyl (C=O) groups is 1. The fourth-order valence-electron chi connectivity index (χ4n) is 3.97. The minimum Gasteiger partial charge on any atom is -0.426 e. The molecule has 34 heavy (non-hydrogen) atoms. The first-order valence-electron chi connectivity index (χ1n) is 10.5. The van der Waals surface area contributed by atoms with E-state index in [0.717, 1.165) is 15.7 Å². The Morgan fingerprint density at radius 1 is 1.06 bits per heavy atom. The summed E-state index contributed by atoms with van der Waals surface area (Å²) in [7, 11) is 1.53. The van der Waals surface area contributed by atoms with Gasteiger partial charge in [0.2, 0.25) is 11.7 Å². The third-order valence-electron chi connectivity index (χ3n) is 5.60. The molecule has 0 fully saturated rings. The van der Waals surface area contributed by atoms with Gasteiger partial charge >= 0.3 is 0 Å². The minimum atomic E-state index is -0.993. The highest BCUT2D eigenvalue weighted by atomic mass is 79.9. The summed E-state index contributed by atoms with van der Waals surface area (Å²) < 4.78 is 2.42. The third-order valence-corrected chi connectivity index (χ3v) is 6.38. The second kappa shape index (κ2) is 9.15. The number of carbonyl (C=O) groups excluding carboxylic acids is 1. The number of benzene rings is 3. The van der Waals surface area contributed by atoms with Crippen molar-refractivity contribution in [2.45, 2.75) is 6.04 Å². The van der Waals surface area contributed by atoms with Gasteiger partial charge in [0.05, 0.1) is 11.3 Å². The number of amides is 1. The van der Waals surface area contributed by atoms with Crippen LogP contribution in [0.3, 0.4) is 0 Å². The van der Waals surface area contributed by atoms with Crippen LogP contribution in [0.4, 0.5) is 11.5 Å². The number of likely N-dealkylation sites (N-methyl/N-ethyl adjacent to an activating group) is 1. The van der Waals surface area contributed by atoms with Gasteiger partial charge in [-0.3, -0.25) is 14.2 Å². The number of nitrogens with zero attached hydrogens (tertiary/aromatic N) is 3. The van der Waals surface area contributed by atoms with Crippen molar-refractivity contribution >= 4 is 44.9 Å². The maximum atomic E-state index is 14.0. The quantitative estimate of drug-likeness (QED) is 0.409. The summed E-state index contributed by atoms with van der Waals surface area (Å²) in [5.41, 5.74) is 6.67. The average Bonchev–Trinajstić information content (AvgIpc) is 3.25. The van der Waals surface area contributed by atoms with Gasteiger partial charge in [-0.2, -0.15) is 4.98 Å². The van der Waals surface area contributed by atoms with E-state index in [1.807, 2.05) is 54.6 Å². The molecule has 1 amide bonds. The number of aromatic nitrogens is 2. The summed E-state index contributed by atoms with van der Waals surface area (Å²) in [4.78, 5) is 31.8. The first-order chi connectivity index (χ1) is 16.5. The Morgan fingerprint density at radius 3 is 2.38 bits per heavy atom. The molecule has 0 spiro atoms. The zero-order valence-electron chi connectivity index (χ0n) is 18.0. The lowest BCUT2D eigenvalue weighted by Gasteiger charge is -2.25. The molecular formula is C25H19BrClN5O2. The number of rotatable bonds is 4. The lowest BCUT2D eigenvalue weighted by atomic mass is 10.1. The Balaban J connectivity index is 1.82. The van der Waals surface area contributed by atoms with Crippen molar-refractivity contribution in [1.29, 1.82) is 0 Å². The van der Waals surface area contributed by atoms with Gasteiger partial charge in [0.15, 0.2) is 5.82 Å². The molecule has 2 N–H and O–H groups in total. The number of nitrogens with one attached hydrogen (secondary N) is 2. The smallest absolute Gasteiger partial charge is 0.266 e. The number of quaternary nitrogens is 1. The van der Waals surface area contributed by atoms with Gasteiger partial charge in [0.25, 0.3) is 5.56 Å². The van der Waals surface area contributed by atoms with E-state index >= 15 is 0 Å². The molecule has 1 aliphatic heterocycles. The molecule has 3 aromatic carbocycles. The Morgan fingerprint density at radius 2 is 1.74 bits per heavy atom. The van der Waals surface area contributed by atoms with E-state index in [-0.39, 0.29) is 17.0 Å². The van der Waals surface area contributed by atoms with Crippen LogP contribution in [0.15, 0.2) is 88.1 Å². The minimum absolute atomic E-state index is 0.244. The number of fused-ring (bicyclic) bond motifs is 1. The summed E-state index contributed by atoms with van der Waals surface area (Å²) in [6.07, 6.45) is 0. The first kappa shape index (κ1) is 22.5. The highest BCUT2D eigenvalue weighted by Gasteiger charge is 2.36. The molecule has 0 bridgehead atoms. The van der Waals surface area contributed by atoms with E-state index in [1.165, 1.54) is 11.6 Å². The largest absolute Gasteiger partial charge is 0.426 e. The highest BCUT2D eigenvalue weighted by molar-refractivity contribution is 9.10. The molecule has 9 heteroatoms. The SMILES string of the molecule is CNC(=O)C1[N-][NH+](c2ccccc2)c2nc(-c3ccc(Br)cc3)n(-c3ccc(Cl)cc3)c(=O)c21. The Kier molecular flexibility index (Phi) is 6.05. The fraction of sp³-hybridized carbons (Fsp3) is 0.0800. The molecule has 0 saturated heterocycles. The molecule has 0 aliphatic carbocycles. The summed E-state index contributed by atoms with van der Waals surface area (Å²) >= 11 is 9.56. The zero-order valence-corrected chi connectivity index (χ0v) is 20.3. The van der Waals surface area contributed by atoms with Crippen LogP contribution in [-0.4, -0.2) is 22.5 Å².